The standard InChI is InChI=1S/C27H29FN8O3/c1-17-22-14-33(10-18-11-34(12-18)16-29)5-6-35(22)32-26(17)19-7-23(27-24(38-2)9-31-36(27)13-19)39-25(15-37)21-4-3-20(28)8-30-21/h3-4,7-9,13,18,25,37H,5-6,10-12,14-15H2,1-2H3. The number of rotatable bonds is 8. The van der Waals surface area contributed by atoms with Crippen molar-refractivity contribution in [1.29, 1.82) is 5.26 Å². The molecule has 39 heavy (non-hydrogen) atoms. The van der Waals surface area contributed by atoms with Crippen LogP contribution in [0.4, 0.5) is 4.39 Å². The van der Waals surface area contributed by atoms with Gasteiger partial charge in [0.2, 0.25) is 0 Å². The van der Waals surface area contributed by atoms with E-state index in [0.29, 0.717) is 28.6 Å². The fourth-order valence-electron chi connectivity index (χ4n) is 5.41. The molecule has 2 aliphatic rings. The van der Waals surface area contributed by atoms with Crippen molar-refractivity contribution in [3.63, 3.8) is 0 Å². The van der Waals surface area contributed by atoms with Gasteiger partial charge >= 0.3 is 0 Å². The number of methoxy groups -OCH3 is 1. The Morgan fingerprint density at radius 1 is 1.23 bits per heavy atom. The van der Waals surface area contributed by atoms with E-state index in [-0.39, 0.29) is 6.61 Å². The predicted molar refractivity (Wildman–Crippen MR) is 138 cm³/mol. The molecule has 0 bridgehead atoms. The van der Waals surface area contributed by atoms with Crippen molar-refractivity contribution >= 4 is 5.52 Å². The van der Waals surface area contributed by atoms with E-state index in [4.69, 9.17) is 19.8 Å². The summed E-state index contributed by atoms with van der Waals surface area (Å²) in [6, 6.07) is 4.65. The summed E-state index contributed by atoms with van der Waals surface area (Å²) in [6.45, 7) is 6.83. The number of aromatic nitrogens is 5. The molecule has 0 spiro atoms. The Labute approximate surface area is 224 Å². The Kier molecular flexibility index (Phi) is 6.54. The number of halogens is 1. The summed E-state index contributed by atoms with van der Waals surface area (Å²) in [4.78, 5) is 8.31. The highest BCUT2D eigenvalue weighted by molar-refractivity contribution is 5.75. The lowest BCUT2D eigenvalue weighted by Crippen LogP contribution is -2.50. The second-order valence-corrected chi connectivity index (χ2v) is 10.0. The molecule has 6 rings (SSSR count). The molecule has 6 heterocycles. The molecule has 1 N–H and O–H groups in total. The lowest BCUT2D eigenvalue weighted by molar-refractivity contribution is 0.0978. The van der Waals surface area contributed by atoms with Crippen LogP contribution in [0.2, 0.25) is 0 Å². The molecule has 0 aromatic carbocycles. The molecule has 202 valence electrons. The van der Waals surface area contributed by atoms with Gasteiger partial charge in [-0.25, -0.2) is 8.91 Å². The molecule has 2 aliphatic heterocycles. The third-order valence-corrected chi connectivity index (χ3v) is 7.49. The normalized spacial score (nSPS) is 16.5. The van der Waals surface area contributed by atoms with Gasteiger partial charge in [-0.2, -0.15) is 15.5 Å². The summed E-state index contributed by atoms with van der Waals surface area (Å²) in [5.74, 6) is 1.01. The quantitative estimate of drug-likeness (QED) is 0.341. The van der Waals surface area contributed by atoms with E-state index in [1.54, 1.807) is 22.7 Å². The Balaban J connectivity index is 1.32. The molecule has 4 aromatic heterocycles. The minimum Gasteiger partial charge on any atom is -0.493 e. The summed E-state index contributed by atoms with van der Waals surface area (Å²) in [5, 5.41) is 28.5. The van der Waals surface area contributed by atoms with Gasteiger partial charge in [0.25, 0.3) is 0 Å². The molecule has 0 radical (unpaired) electrons. The van der Waals surface area contributed by atoms with E-state index in [1.165, 1.54) is 12.1 Å². The van der Waals surface area contributed by atoms with Gasteiger partial charge in [0.1, 0.15) is 5.82 Å². The first-order valence-electron chi connectivity index (χ1n) is 12.9. The number of aliphatic hydroxyl groups excluding tert-OH is 1. The molecule has 1 saturated heterocycles. The molecular formula is C27H29FN8O3. The zero-order chi connectivity index (χ0) is 27.1. The van der Waals surface area contributed by atoms with Crippen molar-refractivity contribution in [2.45, 2.75) is 26.1 Å². The number of hydrogen-bond acceptors (Lipinski definition) is 9. The van der Waals surface area contributed by atoms with E-state index >= 15 is 0 Å². The van der Waals surface area contributed by atoms with Crippen LogP contribution in [-0.2, 0) is 13.1 Å². The van der Waals surface area contributed by atoms with Gasteiger partial charge in [-0.15, -0.1) is 0 Å². The highest BCUT2D eigenvalue weighted by atomic mass is 19.1. The minimum absolute atomic E-state index is 0.355. The van der Waals surface area contributed by atoms with E-state index in [9.17, 15) is 9.50 Å². The highest BCUT2D eigenvalue weighted by Crippen LogP contribution is 2.37. The van der Waals surface area contributed by atoms with Crippen LogP contribution < -0.4 is 9.47 Å². The Morgan fingerprint density at radius 2 is 2.08 bits per heavy atom. The van der Waals surface area contributed by atoms with Crippen LogP contribution in [0.3, 0.4) is 0 Å². The van der Waals surface area contributed by atoms with E-state index in [1.807, 2.05) is 12.3 Å². The number of fused-ring (bicyclic) bond motifs is 2. The summed E-state index contributed by atoms with van der Waals surface area (Å²) < 4.78 is 29.0. The monoisotopic (exact) mass is 532 g/mol. The Morgan fingerprint density at radius 3 is 2.79 bits per heavy atom. The average Bonchev–Trinajstić information content (AvgIpc) is 3.50. The van der Waals surface area contributed by atoms with Gasteiger partial charge in [0, 0.05) is 50.4 Å². The predicted octanol–water partition coefficient (Wildman–Crippen LogP) is 2.39. The van der Waals surface area contributed by atoms with Crippen molar-refractivity contribution in [2.75, 3.05) is 39.9 Å². The van der Waals surface area contributed by atoms with Gasteiger partial charge in [-0.3, -0.25) is 14.6 Å². The van der Waals surface area contributed by atoms with Crippen LogP contribution in [-0.4, -0.2) is 79.2 Å². The minimum atomic E-state index is -0.822. The number of aliphatic hydroxyl groups is 1. The zero-order valence-electron chi connectivity index (χ0n) is 21.8. The third kappa shape index (κ3) is 4.64. The fraction of sp³-hybridized carbons (Fsp3) is 0.407. The van der Waals surface area contributed by atoms with Crippen molar-refractivity contribution in [1.82, 2.24) is 34.2 Å². The van der Waals surface area contributed by atoms with Gasteiger partial charge in [0.05, 0.1) is 49.7 Å². The van der Waals surface area contributed by atoms with Crippen LogP contribution in [0.5, 0.6) is 11.5 Å². The number of ether oxygens (including phenoxy) is 2. The molecule has 1 unspecified atom stereocenters. The first-order chi connectivity index (χ1) is 19.0. The Bertz CT molecular complexity index is 1540. The fourth-order valence-corrected chi connectivity index (χ4v) is 5.41. The van der Waals surface area contributed by atoms with E-state index < -0.39 is 11.9 Å². The molecule has 1 atom stereocenters. The van der Waals surface area contributed by atoms with Gasteiger partial charge in [-0.1, -0.05) is 0 Å². The summed E-state index contributed by atoms with van der Waals surface area (Å²) in [7, 11) is 1.56. The van der Waals surface area contributed by atoms with Gasteiger partial charge in [-0.05, 0) is 30.7 Å². The molecule has 0 aliphatic carbocycles. The average molecular weight is 533 g/mol. The number of nitrogens with zero attached hydrogens (tertiary/aromatic N) is 8. The second-order valence-electron chi connectivity index (χ2n) is 10.0. The topological polar surface area (TPSA) is 117 Å². The van der Waals surface area contributed by atoms with Crippen LogP contribution in [0.1, 0.15) is 23.1 Å². The highest BCUT2D eigenvalue weighted by Gasteiger charge is 2.30. The number of likely N-dealkylation sites (tertiary alicyclic amines) is 1. The number of hydrogen-bond donors (Lipinski definition) is 1. The smallest absolute Gasteiger partial charge is 0.179 e. The molecule has 4 aromatic rings. The lowest BCUT2D eigenvalue weighted by atomic mass is 10.00. The molecule has 0 saturated carbocycles. The SMILES string of the molecule is COc1cnn2cc(-c3nn4c(c3C)CN(CC3CN(C#N)C3)CC4)cc(OC(CO)c3ccc(F)cn3)c12. The molecule has 1 fully saturated rings. The molecule has 12 heteroatoms. The maximum atomic E-state index is 13.4. The number of pyridine rings is 2. The van der Waals surface area contributed by atoms with Crippen molar-refractivity contribution < 1.29 is 19.0 Å². The number of nitriles is 1. The summed E-state index contributed by atoms with van der Waals surface area (Å²) in [5.41, 5.74) is 4.88. The van der Waals surface area contributed by atoms with Crippen LogP contribution >= 0.6 is 0 Å². The summed E-state index contributed by atoms with van der Waals surface area (Å²) in [6.07, 6.45) is 5.97. The summed E-state index contributed by atoms with van der Waals surface area (Å²) >= 11 is 0. The first-order valence-corrected chi connectivity index (χ1v) is 12.9. The molecule has 0 amide bonds. The van der Waals surface area contributed by atoms with E-state index in [0.717, 1.165) is 68.0 Å². The largest absolute Gasteiger partial charge is 0.493 e. The van der Waals surface area contributed by atoms with Crippen LogP contribution in [0.15, 0.2) is 36.8 Å². The van der Waals surface area contributed by atoms with Crippen molar-refractivity contribution in [2.24, 2.45) is 5.92 Å². The second kappa shape index (κ2) is 10.2. The van der Waals surface area contributed by atoms with Crippen molar-refractivity contribution in [3.8, 4) is 28.9 Å². The van der Waals surface area contributed by atoms with Crippen LogP contribution in [0, 0.1) is 30.1 Å². The maximum Gasteiger partial charge on any atom is 0.179 e. The molecule has 11 nitrogen and oxygen atoms in total. The zero-order valence-corrected chi connectivity index (χ0v) is 21.8. The van der Waals surface area contributed by atoms with Crippen LogP contribution in [0.25, 0.3) is 16.8 Å². The first kappa shape index (κ1) is 25.1. The molecular weight excluding hydrogens is 503 g/mol. The third-order valence-electron chi connectivity index (χ3n) is 7.49. The maximum absolute atomic E-state index is 13.4. The lowest BCUT2D eigenvalue weighted by Gasteiger charge is -2.39. The van der Waals surface area contributed by atoms with E-state index in [2.05, 4.69) is 32.8 Å². The van der Waals surface area contributed by atoms with Gasteiger partial charge in [0.15, 0.2) is 29.3 Å². The van der Waals surface area contributed by atoms with Gasteiger partial charge < -0.3 is 19.5 Å². The van der Waals surface area contributed by atoms with Crippen molar-refractivity contribution in [3.05, 3.63) is 59.6 Å². The Hall–Kier alpha value is -4.21.